The van der Waals surface area contributed by atoms with Crippen LogP contribution in [0.25, 0.3) is 0 Å². The minimum absolute atomic E-state index is 0.0953. The lowest BCUT2D eigenvalue weighted by Gasteiger charge is -2.13. The van der Waals surface area contributed by atoms with Crippen LogP contribution in [0, 0.1) is 6.92 Å². The van der Waals surface area contributed by atoms with E-state index in [9.17, 15) is 18.0 Å². The largest absolute Gasteiger partial charge is 0.418 e. The quantitative estimate of drug-likeness (QED) is 0.779. The molecule has 2 aromatic rings. The molecule has 0 saturated carbocycles. The highest BCUT2D eigenvalue weighted by Gasteiger charge is 2.33. The number of hydrogen-bond acceptors (Lipinski definition) is 2. The van der Waals surface area contributed by atoms with Gasteiger partial charge in [-0.15, -0.1) is 0 Å². The Morgan fingerprint density at radius 3 is 2.42 bits per heavy atom. The predicted molar refractivity (Wildman–Crippen MR) is 87.6 cm³/mol. The summed E-state index contributed by atoms with van der Waals surface area (Å²) < 4.78 is 38.6. The first-order valence-corrected chi connectivity index (χ1v) is 7.59. The minimum Gasteiger partial charge on any atom is -0.325 e. The first-order chi connectivity index (χ1) is 11.4. The van der Waals surface area contributed by atoms with E-state index in [1.807, 2.05) is 31.2 Å². The van der Waals surface area contributed by atoms with E-state index in [4.69, 9.17) is 0 Å². The topological polar surface area (TPSA) is 41.1 Å². The maximum Gasteiger partial charge on any atom is 0.418 e. The summed E-state index contributed by atoms with van der Waals surface area (Å²) in [5.41, 5.74) is 1.22. The SMILES string of the molecule is Cc1ccccc1CNCCC(=O)Nc1ccccc1C(F)(F)F. The average Bonchev–Trinajstić information content (AvgIpc) is 2.52. The first-order valence-electron chi connectivity index (χ1n) is 7.59. The summed E-state index contributed by atoms with van der Waals surface area (Å²) in [6, 6.07) is 12.8. The zero-order valence-electron chi connectivity index (χ0n) is 13.3. The van der Waals surface area contributed by atoms with Crippen LogP contribution in [-0.4, -0.2) is 12.5 Å². The van der Waals surface area contributed by atoms with Crippen molar-refractivity contribution in [2.75, 3.05) is 11.9 Å². The van der Waals surface area contributed by atoms with E-state index >= 15 is 0 Å². The van der Waals surface area contributed by atoms with Gasteiger partial charge in [-0.3, -0.25) is 4.79 Å². The van der Waals surface area contributed by atoms with Crippen LogP contribution >= 0.6 is 0 Å². The fourth-order valence-electron chi connectivity index (χ4n) is 2.29. The van der Waals surface area contributed by atoms with Crippen LogP contribution < -0.4 is 10.6 Å². The molecule has 0 aromatic heterocycles. The second-order valence-corrected chi connectivity index (χ2v) is 5.44. The monoisotopic (exact) mass is 336 g/mol. The van der Waals surface area contributed by atoms with Crippen molar-refractivity contribution in [3.8, 4) is 0 Å². The maximum atomic E-state index is 12.9. The maximum absolute atomic E-state index is 12.9. The number of carbonyl (C=O) groups is 1. The summed E-state index contributed by atoms with van der Waals surface area (Å²) in [6.07, 6.45) is -4.40. The van der Waals surface area contributed by atoms with Gasteiger partial charge in [0.2, 0.25) is 5.91 Å². The van der Waals surface area contributed by atoms with Gasteiger partial charge >= 0.3 is 6.18 Å². The van der Waals surface area contributed by atoms with Crippen molar-refractivity contribution in [2.45, 2.75) is 26.1 Å². The molecule has 0 aliphatic heterocycles. The number of alkyl halides is 3. The Morgan fingerprint density at radius 1 is 1.04 bits per heavy atom. The summed E-state index contributed by atoms with van der Waals surface area (Å²) in [5.74, 6) is -0.455. The van der Waals surface area contributed by atoms with E-state index in [2.05, 4.69) is 10.6 Å². The molecule has 128 valence electrons. The third-order valence-corrected chi connectivity index (χ3v) is 3.61. The van der Waals surface area contributed by atoms with Crippen molar-refractivity contribution in [2.24, 2.45) is 0 Å². The molecule has 0 aliphatic rings. The molecule has 2 aromatic carbocycles. The van der Waals surface area contributed by atoms with Crippen molar-refractivity contribution in [3.63, 3.8) is 0 Å². The van der Waals surface area contributed by atoms with Gasteiger partial charge in [-0.2, -0.15) is 13.2 Å². The first kappa shape index (κ1) is 18.0. The number of para-hydroxylation sites is 1. The van der Waals surface area contributed by atoms with Crippen LogP contribution in [0.3, 0.4) is 0 Å². The highest BCUT2D eigenvalue weighted by Crippen LogP contribution is 2.34. The van der Waals surface area contributed by atoms with Gasteiger partial charge in [0.1, 0.15) is 0 Å². The van der Waals surface area contributed by atoms with Crippen LogP contribution in [0.15, 0.2) is 48.5 Å². The second kappa shape index (κ2) is 7.97. The van der Waals surface area contributed by atoms with Crippen LogP contribution in [0.4, 0.5) is 18.9 Å². The van der Waals surface area contributed by atoms with Crippen molar-refractivity contribution in [3.05, 3.63) is 65.2 Å². The number of aryl methyl sites for hydroxylation is 1. The molecule has 0 unspecified atom stereocenters. The molecule has 0 saturated heterocycles. The van der Waals surface area contributed by atoms with Gasteiger partial charge in [-0.25, -0.2) is 0 Å². The van der Waals surface area contributed by atoms with E-state index in [1.165, 1.54) is 18.2 Å². The molecule has 3 nitrogen and oxygen atoms in total. The molecule has 0 atom stereocenters. The van der Waals surface area contributed by atoms with Gasteiger partial charge in [0.15, 0.2) is 0 Å². The lowest BCUT2D eigenvalue weighted by molar-refractivity contribution is -0.137. The molecule has 0 bridgehead atoms. The number of benzene rings is 2. The molecule has 0 heterocycles. The minimum atomic E-state index is -4.49. The lowest BCUT2D eigenvalue weighted by Crippen LogP contribution is -2.23. The Kier molecular flexibility index (Phi) is 5.98. The number of hydrogen-bond donors (Lipinski definition) is 2. The fraction of sp³-hybridized carbons (Fsp3) is 0.278. The molecule has 0 radical (unpaired) electrons. The van der Waals surface area contributed by atoms with Crippen LogP contribution in [0.2, 0.25) is 0 Å². The Hall–Kier alpha value is -2.34. The normalized spacial score (nSPS) is 11.3. The number of amides is 1. The third kappa shape index (κ3) is 5.09. The lowest BCUT2D eigenvalue weighted by atomic mass is 10.1. The highest BCUT2D eigenvalue weighted by molar-refractivity contribution is 5.91. The summed E-state index contributed by atoms with van der Waals surface area (Å²) in [4.78, 5) is 11.9. The van der Waals surface area contributed by atoms with Crippen LogP contribution in [-0.2, 0) is 17.5 Å². The number of rotatable bonds is 6. The molecule has 2 rings (SSSR count). The second-order valence-electron chi connectivity index (χ2n) is 5.44. The highest BCUT2D eigenvalue weighted by atomic mass is 19.4. The third-order valence-electron chi connectivity index (χ3n) is 3.61. The molecule has 1 amide bonds. The van der Waals surface area contributed by atoms with Crippen molar-refractivity contribution in [1.82, 2.24) is 5.32 Å². The number of carbonyl (C=O) groups excluding carboxylic acids is 1. The number of halogens is 3. The van der Waals surface area contributed by atoms with Gasteiger partial charge in [-0.1, -0.05) is 36.4 Å². The molecule has 0 aliphatic carbocycles. The molecule has 2 N–H and O–H groups in total. The number of anilines is 1. The smallest absolute Gasteiger partial charge is 0.325 e. The molecular weight excluding hydrogens is 317 g/mol. The fourth-order valence-corrected chi connectivity index (χ4v) is 2.29. The van der Waals surface area contributed by atoms with E-state index < -0.39 is 17.6 Å². The Bertz CT molecular complexity index is 699. The van der Waals surface area contributed by atoms with Gasteiger partial charge in [0.25, 0.3) is 0 Å². The zero-order chi connectivity index (χ0) is 17.6. The van der Waals surface area contributed by atoms with Gasteiger partial charge < -0.3 is 10.6 Å². The molecule has 24 heavy (non-hydrogen) atoms. The van der Waals surface area contributed by atoms with Gasteiger partial charge in [0.05, 0.1) is 11.3 Å². The van der Waals surface area contributed by atoms with Crippen molar-refractivity contribution < 1.29 is 18.0 Å². The van der Waals surface area contributed by atoms with Crippen LogP contribution in [0.1, 0.15) is 23.1 Å². The van der Waals surface area contributed by atoms with Crippen LogP contribution in [0.5, 0.6) is 0 Å². The van der Waals surface area contributed by atoms with E-state index in [-0.39, 0.29) is 12.1 Å². The molecule has 0 fully saturated rings. The summed E-state index contributed by atoms with van der Waals surface area (Å²) in [6.45, 7) is 2.99. The Morgan fingerprint density at radius 2 is 1.71 bits per heavy atom. The summed E-state index contributed by atoms with van der Waals surface area (Å²) >= 11 is 0. The average molecular weight is 336 g/mol. The van der Waals surface area contributed by atoms with Gasteiger partial charge in [0, 0.05) is 19.5 Å². The van der Waals surface area contributed by atoms with E-state index in [0.29, 0.717) is 13.1 Å². The standard InChI is InChI=1S/C18H19F3N2O/c1-13-6-2-3-7-14(13)12-22-11-10-17(24)23-16-9-5-4-8-15(16)18(19,20)21/h2-9,22H,10-12H2,1H3,(H,23,24). The number of nitrogens with one attached hydrogen (secondary N) is 2. The Balaban J connectivity index is 1.83. The zero-order valence-corrected chi connectivity index (χ0v) is 13.3. The summed E-state index contributed by atoms with van der Waals surface area (Å²) in [7, 11) is 0. The molecular formula is C18H19F3N2O. The van der Waals surface area contributed by atoms with Crippen molar-refractivity contribution in [1.29, 1.82) is 0 Å². The van der Waals surface area contributed by atoms with E-state index in [0.717, 1.165) is 17.2 Å². The molecule has 6 heteroatoms. The van der Waals surface area contributed by atoms with E-state index in [1.54, 1.807) is 0 Å². The predicted octanol–water partition coefficient (Wildman–Crippen LogP) is 4.13. The van der Waals surface area contributed by atoms with Gasteiger partial charge in [-0.05, 0) is 30.2 Å². The summed E-state index contributed by atoms with van der Waals surface area (Å²) in [5, 5.41) is 5.45. The Labute approximate surface area is 138 Å². The molecule has 0 spiro atoms. The van der Waals surface area contributed by atoms with Crippen molar-refractivity contribution >= 4 is 11.6 Å².